The molecule has 0 unspecified atom stereocenters. The summed E-state index contributed by atoms with van der Waals surface area (Å²) in [7, 11) is -2.91. The molecule has 15 heavy (non-hydrogen) atoms. The molecule has 0 fully saturated rings. The predicted molar refractivity (Wildman–Crippen MR) is 63.5 cm³/mol. The molecular formula is C12H18O2S. The zero-order valence-corrected chi connectivity index (χ0v) is 10.3. The third-order valence-electron chi connectivity index (χ3n) is 2.10. The summed E-state index contributed by atoms with van der Waals surface area (Å²) in [6, 6.07) is 7.83. The molecule has 0 saturated carbocycles. The van der Waals surface area contributed by atoms with Crippen molar-refractivity contribution in [1.82, 2.24) is 0 Å². The van der Waals surface area contributed by atoms with E-state index in [2.05, 4.69) is 13.8 Å². The van der Waals surface area contributed by atoms with Crippen molar-refractivity contribution in [3.8, 4) is 0 Å². The summed E-state index contributed by atoms with van der Waals surface area (Å²) in [5, 5.41) is 0. The first-order valence-corrected chi connectivity index (χ1v) is 7.18. The number of benzene rings is 1. The van der Waals surface area contributed by atoms with Crippen molar-refractivity contribution in [1.29, 1.82) is 0 Å². The van der Waals surface area contributed by atoms with Crippen LogP contribution in [0.3, 0.4) is 0 Å². The van der Waals surface area contributed by atoms with Crippen molar-refractivity contribution >= 4 is 9.84 Å². The Hall–Kier alpha value is -0.830. The van der Waals surface area contributed by atoms with Crippen LogP contribution >= 0.6 is 0 Å². The molecule has 1 aromatic carbocycles. The lowest BCUT2D eigenvalue weighted by molar-refractivity contribution is 0.601. The Labute approximate surface area is 92.2 Å². The molecule has 0 saturated heterocycles. The van der Waals surface area contributed by atoms with E-state index < -0.39 is 9.84 Å². The van der Waals surface area contributed by atoms with Crippen molar-refractivity contribution in [3.05, 3.63) is 35.4 Å². The quantitative estimate of drug-likeness (QED) is 0.790. The lowest BCUT2D eigenvalue weighted by Crippen LogP contribution is -2.01. The molecule has 0 bridgehead atoms. The molecule has 2 nitrogen and oxygen atoms in total. The first-order chi connectivity index (χ1) is 6.87. The van der Waals surface area contributed by atoms with Crippen molar-refractivity contribution in [3.63, 3.8) is 0 Å². The fourth-order valence-electron chi connectivity index (χ4n) is 1.55. The highest BCUT2D eigenvalue weighted by Gasteiger charge is 2.04. The largest absolute Gasteiger partial charge is 0.229 e. The van der Waals surface area contributed by atoms with Crippen molar-refractivity contribution in [2.75, 3.05) is 6.26 Å². The normalized spacial score (nSPS) is 12.0. The Morgan fingerprint density at radius 3 is 1.93 bits per heavy atom. The fourth-order valence-corrected chi connectivity index (χ4v) is 2.34. The predicted octanol–water partition coefficient (Wildman–Crippen LogP) is 2.43. The van der Waals surface area contributed by atoms with E-state index in [1.54, 1.807) is 0 Å². The third kappa shape index (κ3) is 4.98. The fraction of sp³-hybridized carbons (Fsp3) is 0.500. The average Bonchev–Trinajstić information content (AvgIpc) is 2.05. The molecule has 84 valence electrons. The van der Waals surface area contributed by atoms with Gasteiger partial charge in [-0.05, 0) is 23.5 Å². The second-order valence-corrected chi connectivity index (χ2v) is 6.62. The Morgan fingerprint density at radius 2 is 1.53 bits per heavy atom. The molecule has 0 spiro atoms. The summed E-state index contributed by atoms with van der Waals surface area (Å²) < 4.78 is 22.1. The van der Waals surface area contributed by atoms with Crippen molar-refractivity contribution < 1.29 is 8.42 Å². The smallest absolute Gasteiger partial charge is 0.151 e. The van der Waals surface area contributed by atoms with Crippen LogP contribution in [0.5, 0.6) is 0 Å². The minimum absolute atomic E-state index is 0.134. The number of sulfone groups is 1. The molecule has 0 aliphatic heterocycles. The van der Waals surface area contributed by atoms with Crippen molar-refractivity contribution in [2.24, 2.45) is 5.92 Å². The highest BCUT2D eigenvalue weighted by molar-refractivity contribution is 7.89. The monoisotopic (exact) mass is 226 g/mol. The second kappa shape index (κ2) is 4.79. The Balaban J connectivity index is 2.73. The molecular weight excluding hydrogens is 208 g/mol. The maximum Gasteiger partial charge on any atom is 0.151 e. The summed E-state index contributed by atoms with van der Waals surface area (Å²) in [6.07, 6.45) is 2.30. The van der Waals surface area contributed by atoms with E-state index in [1.165, 1.54) is 11.8 Å². The van der Waals surface area contributed by atoms with Gasteiger partial charge in [0.25, 0.3) is 0 Å². The molecule has 1 rings (SSSR count). The Kier molecular flexibility index (Phi) is 3.91. The first kappa shape index (κ1) is 12.2. The van der Waals surface area contributed by atoms with Gasteiger partial charge in [0.15, 0.2) is 9.84 Å². The molecule has 0 aromatic heterocycles. The SMILES string of the molecule is CC(C)Cc1ccc(CS(C)(=O)=O)cc1. The van der Waals surface area contributed by atoms with E-state index in [0.717, 1.165) is 12.0 Å². The van der Waals surface area contributed by atoms with Gasteiger partial charge < -0.3 is 0 Å². The highest BCUT2D eigenvalue weighted by atomic mass is 32.2. The van der Waals surface area contributed by atoms with Crippen molar-refractivity contribution in [2.45, 2.75) is 26.0 Å². The number of hydrogen-bond donors (Lipinski definition) is 0. The molecule has 3 heteroatoms. The lowest BCUT2D eigenvalue weighted by atomic mass is 10.0. The van der Waals surface area contributed by atoms with E-state index in [0.29, 0.717) is 5.92 Å². The minimum atomic E-state index is -2.91. The zero-order chi connectivity index (χ0) is 11.5. The van der Waals surface area contributed by atoms with Crippen LogP contribution in [-0.4, -0.2) is 14.7 Å². The summed E-state index contributed by atoms with van der Waals surface area (Å²) in [5.41, 5.74) is 2.13. The van der Waals surface area contributed by atoms with Gasteiger partial charge in [-0.3, -0.25) is 0 Å². The van der Waals surface area contributed by atoms with Gasteiger partial charge in [0.05, 0.1) is 5.75 Å². The molecule has 0 aliphatic rings. The summed E-state index contributed by atoms with van der Waals surface area (Å²) >= 11 is 0. The van der Waals surface area contributed by atoms with Crippen LogP contribution in [0.25, 0.3) is 0 Å². The van der Waals surface area contributed by atoms with E-state index in [9.17, 15) is 8.42 Å². The first-order valence-electron chi connectivity index (χ1n) is 5.12. The molecule has 0 heterocycles. The van der Waals surface area contributed by atoms with Gasteiger partial charge in [-0.1, -0.05) is 38.1 Å². The summed E-state index contributed by atoms with van der Waals surface area (Å²) in [6.45, 7) is 4.34. The van der Waals surface area contributed by atoms with E-state index >= 15 is 0 Å². The molecule has 0 radical (unpaired) electrons. The second-order valence-electron chi connectivity index (χ2n) is 4.48. The summed E-state index contributed by atoms with van der Waals surface area (Å²) in [4.78, 5) is 0. The van der Waals surface area contributed by atoms with Crippen LogP contribution in [0.1, 0.15) is 25.0 Å². The minimum Gasteiger partial charge on any atom is -0.229 e. The zero-order valence-electron chi connectivity index (χ0n) is 9.53. The molecule has 0 atom stereocenters. The van der Waals surface area contributed by atoms with Gasteiger partial charge in [0.1, 0.15) is 0 Å². The van der Waals surface area contributed by atoms with Crippen LogP contribution in [0, 0.1) is 5.92 Å². The van der Waals surface area contributed by atoms with E-state index in [4.69, 9.17) is 0 Å². The van der Waals surface area contributed by atoms with E-state index in [1.807, 2.05) is 24.3 Å². The van der Waals surface area contributed by atoms with Crippen LogP contribution in [0.15, 0.2) is 24.3 Å². The van der Waals surface area contributed by atoms with Crippen LogP contribution < -0.4 is 0 Å². The van der Waals surface area contributed by atoms with Gasteiger partial charge in [0.2, 0.25) is 0 Å². The lowest BCUT2D eigenvalue weighted by Gasteiger charge is -2.05. The van der Waals surface area contributed by atoms with Crippen LogP contribution in [0.2, 0.25) is 0 Å². The molecule has 0 N–H and O–H groups in total. The van der Waals surface area contributed by atoms with E-state index in [-0.39, 0.29) is 5.75 Å². The van der Waals surface area contributed by atoms with Gasteiger partial charge >= 0.3 is 0 Å². The maximum atomic E-state index is 11.1. The third-order valence-corrected chi connectivity index (χ3v) is 2.95. The summed E-state index contributed by atoms with van der Waals surface area (Å²) in [5.74, 6) is 0.764. The molecule has 0 aliphatic carbocycles. The number of hydrogen-bond acceptors (Lipinski definition) is 2. The molecule has 0 amide bonds. The van der Waals surface area contributed by atoms with Crippen LogP contribution in [0.4, 0.5) is 0 Å². The van der Waals surface area contributed by atoms with Gasteiger partial charge in [-0.25, -0.2) is 8.42 Å². The standard InChI is InChI=1S/C12H18O2S/c1-10(2)8-11-4-6-12(7-5-11)9-15(3,13)14/h4-7,10H,8-9H2,1-3H3. The Bertz CT molecular complexity index is 402. The topological polar surface area (TPSA) is 34.1 Å². The van der Waals surface area contributed by atoms with Gasteiger partial charge in [0, 0.05) is 6.26 Å². The Morgan fingerprint density at radius 1 is 1.07 bits per heavy atom. The van der Waals surface area contributed by atoms with Gasteiger partial charge in [-0.15, -0.1) is 0 Å². The number of rotatable bonds is 4. The van der Waals surface area contributed by atoms with Crippen LogP contribution in [-0.2, 0) is 22.0 Å². The van der Waals surface area contributed by atoms with Gasteiger partial charge in [-0.2, -0.15) is 0 Å². The molecule has 1 aromatic rings. The average molecular weight is 226 g/mol. The highest BCUT2D eigenvalue weighted by Crippen LogP contribution is 2.11. The maximum absolute atomic E-state index is 11.1.